The number of hydrogen-bond acceptors (Lipinski definition) is 2. The van der Waals surface area contributed by atoms with Crippen molar-refractivity contribution >= 4 is 21.6 Å². The zero-order valence-electron chi connectivity index (χ0n) is 10.7. The number of aryl methyl sites for hydroxylation is 2. The zero-order chi connectivity index (χ0) is 13.3. The Balaban J connectivity index is 2.30. The first-order valence-electron chi connectivity index (χ1n) is 6.13. The highest BCUT2D eigenvalue weighted by atomic mass is 35.5. The van der Waals surface area contributed by atoms with Crippen LogP contribution in [0.2, 0.25) is 0 Å². The third-order valence-electron chi connectivity index (χ3n) is 3.33. The van der Waals surface area contributed by atoms with Gasteiger partial charge in [-0.05, 0) is 38.3 Å². The van der Waals surface area contributed by atoms with Crippen LogP contribution in [0, 0.1) is 13.8 Å². The number of hydrogen-bond donors (Lipinski definition) is 0. The molecule has 0 bridgehead atoms. The Morgan fingerprint density at radius 1 is 1.22 bits per heavy atom. The topological polar surface area (TPSA) is 37.4 Å². The first kappa shape index (κ1) is 13.8. The van der Waals surface area contributed by atoms with E-state index < -0.39 is 10.0 Å². The molecule has 0 amide bonds. The molecule has 1 aliphatic heterocycles. The first-order chi connectivity index (χ1) is 8.41. The zero-order valence-corrected chi connectivity index (χ0v) is 12.3. The van der Waals surface area contributed by atoms with Gasteiger partial charge in [0, 0.05) is 18.5 Å². The fraction of sp³-hybridized carbons (Fsp3) is 0.538. The van der Waals surface area contributed by atoms with E-state index in [2.05, 4.69) is 0 Å². The van der Waals surface area contributed by atoms with Crippen molar-refractivity contribution in [1.82, 2.24) is 4.31 Å². The molecule has 18 heavy (non-hydrogen) atoms. The molecule has 0 saturated carbocycles. The Morgan fingerprint density at radius 2 is 1.83 bits per heavy atom. The standard InChI is InChI=1S/C13H18ClNO2S/c1-10-3-4-13(11(2)9-10)18(16,17)15-7-5-12(14)6-8-15/h3-4,9,12H,5-8H2,1-2H3. The van der Waals surface area contributed by atoms with Gasteiger partial charge < -0.3 is 0 Å². The molecule has 1 saturated heterocycles. The van der Waals surface area contributed by atoms with E-state index >= 15 is 0 Å². The molecule has 5 heteroatoms. The summed E-state index contributed by atoms with van der Waals surface area (Å²) in [6, 6.07) is 5.45. The second-order valence-electron chi connectivity index (χ2n) is 4.85. The van der Waals surface area contributed by atoms with Crippen LogP contribution in [-0.4, -0.2) is 31.2 Å². The number of rotatable bonds is 2. The van der Waals surface area contributed by atoms with Gasteiger partial charge in [0.25, 0.3) is 0 Å². The van der Waals surface area contributed by atoms with Gasteiger partial charge in [0.15, 0.2) is 0 Å². The van der Waals surface area contributed by atoms with Crippen molar-refractivity contribution in [3.05, 3.63) is 29.3 Å². The summed E-state index contributed by atoms with van der Waals surface area (Å²) in [5, 5.41) is 0.107. The van der Waals surface area contributed by atoms with Crippen molar-refractivity contribution in [3.8, 4) is 0 Å². The van der Waals surface area contributed by atoms with Crippen molar-refractivity contribution in [1.29, 1.82) is 0 Å². The molecule has 2 rings (SSSR count). The van der Waals surface area contributed by atoms with Crippen LogP contribution in [0.5, 0.6) is 0 Å². The Kier molecular flexibility index (Phi) is 3.99. The highest BCUT2D eigenvalue weighted by Gasteiger charge is 2.29. The summed E-state index contributed by atoms with van der Waals surface area (Å²) < 4.78 is 26.6. The summed E-state index contributed by atoms with van der Waals surface area (Å²) in [4.78, 5) is 0.418. The van der Waals surface area contributed by atoms with Crippen LogP contribution in [0.15, 0.2) is 23.1 Å². The summed E-state index contributed by atoms with van der Waals surface area (Å²) >= 11 is 6.01. The van der Waals surface area contributed by atoms with Gasteiger partial charge in [-0.1, -0.05) is 17.7 Å². The lowest BCUT2D eigenvalue weighted by Gasteiger charge is -2.29. The Labute approximate surface area is 114 Å². The van der Waals surface area contributed by atoms with Crippen molar-refractivity contribution in [2.24, 2.45) is 0 Å². The molecule has 1 aromatic carbocycles. The number of alkyl halides is 1. The number of piperidine rings is 1. The van der Waals surface area contributed by atoms with E-state index in [-0.39, 0.29) is 5.38 Å². The summed E-state index contributed by atoms with van der Waals surface area (Å²) in [6.07, 6.45) is 1.46. The van der Waals surface area contributed by atoms with Gasteiger partial charge in [0.2, 0.25) is 10.0 Å². The SMILES string of the molecule is Cc1ccc(S(=O)(=O)N2CCC(Cl)CC2)c(C)c1. The van der Waals surface area contributed by atoms with Gasteiger partial charge in [-0.3, -0.25) is 0 Å². The van der Waals surface area contributed by atoms with Gasteiger partial charge in [-0.25, -0.2) is 8.42 Å². The molecule has 0 N–H and O–H groups in total. The predicted octanol–water partition coefficient (Wildman–Crippen LogP) is 2.70. The molecular weight excluding hydrogens is 270 g/mol. The van der Waals surface area contributed by atoms with E-state index in [0.717, 1.165) is 24.0 Å². The van der Waals surface area contributed by atoms with Gasteiger partial charge >= 0.3 is 0 Å². The minimum absolute atomic E-state index is 0.107. The maximum absolute atomic E-state index is 12.5. The van der Waals surface area contributed by atoms with Crippen molar-refractivity contribution < 1.29 is 8.42 Å². The molecule has 0 aliphatic carbocycles. The lowest BCUT2D eigenvalue weighted by Crippen LogP contribution is -2.39. The summed E-state index contributed by atoms with van der Waals surface area (Å²) in [6.45, 7) is 4.84. The van der Waals surface area contributed by atoms with E-state index in [1.807, 2.05) is 26.0 Å². The van der Waals surface area contributed by atoms with E-state index in [1.54, 1.807) is 10.4 Å². The maximum atomic E-state index is 12.5. The molecule has 1 heterocycles. The molecule has 0 aromatic heterocycles. The van der Waals surface area contributed by atoms with E-state index in [0.29, 0.717) is 18.0 Å². The minimum Gasteiger partial charge on any atom is -0.207 e. The minimum atomic E-state index is -3.36. The second kappa shape index (κ2) is 5.19. The second-order valence-corrected chi connectivity index (χ2v) is 7.37. The lowest BCUT2D eigenvalue weighted by atomic mass is 10.2. The number of benzene rings is 1. The molecule has 0 unspecified atom stereocenters. The smallest absolute Gasteiger partial charge is 0.207 e. The largest absolute Gasteiger partial charge is 0.243 e. The molecule has 0 radical (unpaired) electrons. The number of sulfonamides is 1. The molecular formula is C13H18ClNO2S. The van der Waals surface area contributed by atoms with E-state index in [9.17, 15) is 8.42 Å². The summed E-state index contributed by atoms with van der Waals surface area (Å²) in [7, 11) is -3.36. The Bertz CT molecular complexity index is 534. The van der Waals surface area contributed by atoms with Crippen LogP contribution in [-0.2, 0) is 10.0 Å². The highest BCUT2D eigenvalue weighted by Crippen LogP contribution is 2.25. The fourth-order valence-corrected chi connectivity index (χ4v) is 4.16. The van der Waals surface area contributed by atoms with Crippen molar-refractivity contribution in [2.45, 2.75) is 37.0 Å². The van der Waals surface area contributed by atoms with Gasteiger partial charge in [-0.2, -0.15) is 4.31 Å². The average Bonchev–Trinajstić information content (AvgIpc) is 2.29. The number of halogens is 1. The highest BCUT2D eigenvalue weighted by molar-refractivity contribution is 7.89. The maximum Gasteiger partial charge on any atom is 0.243 e. The van der Waals surface area contributed by atoms with Crippen molar-refractivity contribution in [3.63, 3.8) is 0 Å². The molecule has 0 atom stereocenters. The molecule has 100 valence electrons. The van der Waals surface area contributed by atoms with Gasteiger partial charge in [-0.15, -0.1) is 11.6 Å². The molecule has 1 aliphatic rings. The van der Waals surface area contributed by atoms with Gasteiger partial charge in [0.05, 0.1) is 4.90 Å². The third-order valence-corrected chi connectivity index (χ3v) is 5.83. The summed E-state index contributed by atoms with van der Waals surface area (Å²) in [5.74, 6) is 0. The van der Waals surface area contributed by atoms with E-state index in [1.165, 1.54) is 0 Å². The monoisotopic (exact) mass is 287 g/mol. The molecule has 3 nitrogen and oxygen atoms in total. The van der Waals surface area contributed by atoms with Crippen LogP contribution >= 0.6 is 11.6 Å². The summed E-state index contributed by atoms with van der Waals surface area (Å²) in [5.41, 5.74) is 1.88. The molecule has 1 fully saturated rings. The third kappa shape index (κ3) is 2.71. The number of nitrogens with zero attached hydrogens (tertiary/aromatic N) is 1. The van der Waals surface area contributed by atoms with E-state index in [4.69, 9.17) is 11.6 Å². The average molecular weight is 288 g/mol. The van der Waals surface area contributed by atoms with Crippen LogP contribution in [0.1, 0.15) is 24.0 Å². The molecule has 0 spiro atoms. The quantitative estimate of drug-likeness (QED) is 0.784. The van der Waals surface area contributed by atoms with Crippen LogP contribution in [0.4, 0.5) is 0 Å². The van der Waals surface area contributed by atoms with Crippen LogP contribution in [0.25, 0.3) is 0 Å². The normalized spacial score (nSPS) is 19.1. The Hall–Kier alpha value is -0.580. The van der Waals surface area contributed by atoms with Gasteiger partial charge in [0.1, 0.15) is 0 Å². The van der Waals surface area contributed by atoms with Crippen LogP contribution < -0.4 is 0 Å². The molecule has 1 aromatic rings. The Morgan fingerprint density at radius 3 is 2.39 bits per heavy atom. The fourth-order valence-electron chi connectivity index (χ4n) is 2.29. The predicted molar refractivity (Wildman–Crippen MR) is 73.5 cm³/mol. The lowest BCUT2D eigenvalue weighted by molar-refractivity contribution is 0.350. The van der Waals surface area contributed by atoms with Crippen LogP contribution in [0.3, 0.4) is 0 Å². The van der Waals surface area contributed by atoms with Crippen molar-refractivity contribution in [2.75, 3.05) is 13.1 Å². The first-order valence-corrected chi connectivity index (χ1v) is 8.00.